The van der Waals surface area contributed by atoms with Gasteiger partial charge >= 0.3 is 0 Å². The molecule has 0 saturated carbocycles. The Morgan fingerprint density at radius 3 is 2.89 bits per heavy atom. The highest BCUT2D eigenvalue weighted by Crippen LogP contribution is 2.29. The molecule has 2 nitrogen and oxygen atoms in total. The van der Waals surface area contributed by atoms with E-state index in [0.29, 0.717) is 29.6 Å². The van der Waals surface area contributed by atoms with Crippen molar-refractivity contribution in [3.63, 3.8) is 0 Å². The largest absolute Gasteiger partial charge is 0.338 e. The monoisotopic (exact) mass is 349 g/mol. The number of rotatable bonds is 1. The van der Waals surface area contributed by atoms with E-state index in [4.69, 9.17) is 23.2 Å². The van der Waals surface area contributed by atoms with Crippen LogP contribution in [0.15, 0.2) is 22.7 Å². The second-order valence-corrected chi connectivity index (χ2v) is 6.43. The van der Waals surface area contributed by atoms with E-state index in [-0.39, 0.29) is 11.3 Å². The third-order valence-corrected chi connectivity index (χ3v) is 5.21. The fourth-order valence-electron chi connectivity index (χ4n) is 2.14. The van der Waals surface area contributed by atoms with Crippen molar-refractivity contribution < 1.29 is 4.79 Å². The number of carbonyl (C=O) groups excluding carboxylic acids is 1. The number of carbonyl (C=O) groups is 1. The minimum Gasteiger partial charge on any atom is -0.338 e. The van der Waals surface area contributed by atoms with E-state index >= 15 is 0 Å². The van der Waals surface area contributed by atoms with Crippen LogP contribution in [0.4, 0.5) is 0 Å². The zero-order valence-corrected chi connectivity index (χ0v) is 13.1. The number of hydrogen-bond acceptors (Lipinski definition) is 1. The Hall–Kier alpha value is -0.250. The molecule has 5 heteroatoms. The third-order valence-electron chi connectivity index (χ3n) is 3.27. The van der Waals surface area contributed by atoms with Gasteiger partial charge in [0.15, 0.2) is 0 Å². The molecule has 0 bridgehead atoms. The van der Waals surface area contributed by atoms with Gasteiger partial charge in [-0.05, 0) is 40.4 Å². The molecule has 2 atom stereocenters. The van der Waals surface area contributed by atoms with E-state index in [0.717, 1.165) is 10.9 Å². The Balaban J connectivity index is 2.19. The highest BCUT2D eigenvalue weighted by Gasteiger charge is 2.28. The molecule has 0 N–H and O–H groups in total. The summed E-state index contributed by atoms with van der Waals surface area (Å²) in [7, 11) is 0. The first-order valence-corrected chi connectivity index (χ1v) is 7.48. The Bertz CT molecular complexity index is 466. The van der Waals surface area contributed by atoms with Crippen LogP contribution in [0.5, 0.6) is 0 Å². The number of alkyl halides is 1. The summed E-state index contributed by atoms with van der Waals surface area (Å²) < 4.78 is 0.746. The summed E-state index contributed by atoms with van der Waals surface area (Å²) in [6.07, 6.45) is 0.833. The van der Waals surface area contributed by atoms with Gasteiger partial charge in [0, 0.05) is 22.9 Å². The molecule has 1 aliphatic rings. The van der Waals surface area contributed by atoms with Crippen molar-refractivity contribution in [3.8, 4) is 0 Å². The molecule has 2 unspecified atom stereocenters. The first kappa shape index (κ1) is 14.2. The molecule has 1 heterocycles. The van der Waals surface area contributed by atoms with Gasteiger partial charge in [0.05, 0.1) is 10.6 Å². The highest BCUT2D eigenvalue weighted by atomic mass is 79.9. The lowest BCUT2D eigenvalue weighted by Gasteiger charge is -2.34. The average molecular weight is 351 g/mol. The molecule has 0 radical (unpaired) electrons. The van der Waals surface area contributed by atoms with Gasteiger partial charge < -0.3 is 4.90 Å². The predicted molar refractivity (Wildman–Crippen MR) is 78.5 cm³/mol. The van der Waals surface area contributed by atoms with Crippen molar-refractivity contribution in [1.29, 1.82) is 0 Å². The van der Waals surface area contributed by atoms with Crippen LogP contribution in [0.1, 0.15) is 23.7 Å². The molecule has 1 amide bonds. The van der Waals surface area contributed by atoms with Gasteiger partial charge in [-0.15, -0.1) is 11.6 Å². The number of benzene rings is 1. The maximum atomic E-state index is 12.4. The molecule has 1 saturated heterocycles. The molecule has 1 aromatic carbocycles. The van der Waals surface area contributed by atoms with Crippen LogP contribution in [-0.2, 0) is 0 Å². The molecule has 1 aromatic rings. The van der Waals surface area contributed by atoms with E-state index in [9.17, 15) is 4.79 Å². The molecule has 18 heavy (non-hydrogen) atoms. The van der Waals surface area contributed by atoms with Gasteiger partial charge in [-0.2, -0.15) is 0 Å². The van der Waals surface area contributed by atoms with Crippen molar-refractivity contribution in [2.24, 2.45) is 5.92 Å². The Morgan fingerprint density at radius 2 is 2.22 bits per heavy atom. The van der Waals surface area contributed by atoms with Crippen LogP contribution in [0.3, 0.4) is 0 Å². The second-order valence-electron chi connectivity index (χ2n) is 4.63. The molecule has 0 aliphatic carbocycles. The standard InChI is InChI=1S/C13H14BrCl2NO/c1-8-7-17(6-5-11(8)15)13(18)9-3-2-4-10(14)12(9)16/h2-4,8,11H,5-7H2,1H3. The van der Waals surface area contributed by atoms with Crippen molar-refractivity contribution in [3.05, 3.63) is 33.3 Å². The quantitative estimate of drug-likeness (QED) is 0.695. The zero-order chi connectivity index (χ0) is 13.3. The lowest BCUT2D eigenvalue weighted by Crippen LogP contribution is -2.43. The number of piperidine rings is 1. The smallest absolute Gasteiger partial charge is 0.255 e. The average Bonchev–Trinajstić information content (AvgIpc) is 2.35. The summed E-state index contributed by atoms with van der Waals surface area (Å²) in [5.74, 6) is 0.298. The van der Waals surface area contributed by atoms with Gasteiger partial charge in [-0.3, -0.25) is 4.79 Å². The summed E-state index contributed by atoms with van der Waals surface area (Å²) in [4.78, 5) is 14.2. The predicted octanol–water partition coefficient (Wildman–Crippen LogP) is 4.19. The lowest BCUT2D eigenvalue weighted by atomic mass is 9.99. The first-order chi connectivity index (χ1) is 8.50. The summed E-state index contributed by atoms with van der Waals surface area (Å²) >= 11 is 15.7. The molecule has 98 valence electrons. The van der Waals surface area contributed by atoms with Crippen LogP contribution in [-0.4, -0.2) is 29.3 Å². The van der Waals surface area contributed by atoms with Crippen LogP contribution >= 0.6 is 39.1 Å². The van der Waals surface area contributed by atoms with Gasteiger partial charge in [0.25, 0.3) is 5.91 Å². The minimum atomic E-state index is -0.0169. The number of nitrogens with zero attached hydrogens (tertiary/aromatic N) is 1. The van der Waals surface area contributed by atoms with Crippen LogP contribution < -0.4 is 0 Å². The Morgan fingerprint density at radius 1 is 1.50 bits per heavy atom. The van der Waals surface area contributed by atoms with E-state index < -0.39 is 0 Å². The maximum absolute atomic E-state index is 12.4. The van der Waals surface area contributed by atoms with Crippen molar-refractivity contribution in [1.82, 2.24) is 4.90 Å². The number of hydrogen-bond donors (Lipinski definition) is 0. The van der Waals surface area contributed by atoms with Crippen LogP contribution in [0.2, 0.25) is 5.02 Å². The molecule has 0 aromatic heterocycles. The van der Waals surface area contributed by atoms with Crippen LogP contribution in [0.25, 0.3) is 0 Å². The summed E-state index contributed by atoms with van der Waals surface area (Å²) in [5, 5.41) is 0.634. The van der Waals surface area contributed by atoms with E-state index in [1.165, 1.54) is 0 Å². The highest BCUT2D eigenvalue weighted by molar-refractivity contribution is 9.10. The third kappa shape index (κ3) is 2.84. The van der Waals surface area contributed by atoms with Gasteiger partial charge in [-0.1, -0.05) is 24.6 Å². The maximum Gasteiger partial charge on any atom is 0.255 e. The van der Waals surface area contributed by atoms with Gasteiger partial charge in [-0.25, -0.2) is 0 Å². The molecular formula is C13H14BrCl2NO. The normalized spacial score (nSPS) is 24.1. The van der Waals surface area contributed by atoms with Crippen LogP contribution in [0, 0.1) is 5.92 Å². The summed E-state index contributed by atoms with van der Waals surface area (Å²) in [6.45, 7) is 3.45. The molecule has 2 rings (SSSR count). The van der Waals surface area contributed by atoms with E-state index in [1.807, 2.05) is 17.0 Å². The second kappa shape index (κ2) is 5.81. The number of amides is 1. The molecule has 0 spiro atoms. The fourth-order valence-corrected chi connectivity index (χ4v) is 2.89. The first-order valence-electron chi connectivity index (χ1n) is 5.88. The number of halogens is 3. The Kier molecular flexibility index (Phi) is 4.57. The van der Waals surface area contributed by atoms with Crippen molar-refractivity contribution >= 4 is 45.0 Å². The van der Waals surface area contributed by atoms with Crippen molar-refractivity contribution in [2.75, 3.05) is 13.1 Å². The topological polar surface area (TPSA) is 20.3 Å². The van der Waals surface area contributed by atoms with Crippen molar-refractivity contribution in [2.45, 2.75) is 18.7 Å². The zero-order valence-electron chi connectivity index (χ0n) is 10.00. The Labute approximate surface area is 125 Å². The molecular weight excluding hydrogens is 337 g/mol. The molecule has 1 fully saturated rings. The summed E-state index contributed by atoms with van der Waals surface area (Å²) in [6, 6.07) is 5.40. The van der Waals surface area contributed by atoms with Gasteiger partial charge in [0.2, 0.25) is 0 Å². The van der Waals surface area contributed by atoms with Gasteiger partial charge in [0.1, 0.15) is 0 Å². The molecule has 1 aliphatic heterocycles. The minimum absolute atomic E-state index is 0.0169. The fraction of sp³-hybridized carbons (Fsp3) is 0.462. The number of likely N-dealkylation sites (tertiary alicyclic amines) is 1. The van der Waals surface area contributed by atoms with E-state index in [1.54, 1.807) is 6.07 Å². The summed E-state index contributed by atoms with van der Waals surface area (Å²) in [5.41, 5.74) is 0.547. The van der Waals surface area contributed by atoms with E-state index in [2.05, 4.69) is 22.9 Å². The SMILES string of the molecule is CC1CN(C(=O)c2cccc(Br)c2Cl)CCC1Cl. The lowest BCUT2D eigenvalue weighted by molar-refractivity contribution is 0.0687.